The van der Waals surface area contributed by atoms with Gasteiger partial charge in [0.2, 0.25) is 0 Å². The van der Waals surface area contributed by atoms with Crippen LogP contribution in [0.25, 0.3) is 0 Å². The number of morpholine rings is 1. The van der Waals surface area contributed by atoms with E-state index in [-0.39, 0.29) is 18.3 Å². The summed E-state index contributed by atoms with van der Waals surface area (Å²) in [6.45, 7) is 5.67. The van der Waals surface area contributed by atoms with E-state index in [9.17, 15) is 9.59 Å². The molecule has 0 N–H and O–H groups in total. The minimum Gasteiger partial charge on any atom is -0.483 e. The summed E-state index contributed by atoms with van der Waals surface area (Å²) in [7, 11) is 0. The van der Waals surface area contributed by atoms with Gasteiger partial charge in [-0.1, -0.05) is 11.6 Å². The Labute approximate surface area is 118 Å². The largest absolute Gasteiger partial charge is 0.483 e. The number of rotatable bonds is 4. The smallest absolute Gasteiger partial charge is 0.260 e. The molecule has 1 aliphatic rings. The van der Waals surface area contributed by atoms with Crippen LogP contribution in [0.5, 0.6) is 5.75 Å². The number of hydrogen-bond acceptors (Lipinski definition) is 4. The van der Waals surface area contributed by atoms with Crippen molar-refractivity contribution in [3.63, 3.8) is 0 Å². The summed E-state index contributed by atoms with van der Waals surface area (Å²) in [6, 6.07) is 5.37. The Morgan fingerprint density at radius 3 is 2.65 bits per heavy atom. The minimum absolute atomic E-state index is 0.0522. The first-order valence-corrected chi connectivity index (χ1v) is 6.68. The van der Waals surface area contributed by atoms with Crippen molar-refractivity contribution in [1.29, 1.82) is 0 Å². The van der Waals surface area contributed by atoms with Gasteiger partial charge in [0.1, 0.15) is 5.75 Å². The van der Waals surface area contributed by atoms with E-state index in [4.69, 9.17) is 9.47 Å². The number of benzene rings is 1. The SMILES string of the molecule is CC(=O)c1cc(C)ccc1OCC(=O)N1CCOCC1. The van der Waals surface area contributed by atoms with Crippen molar-refractivity contribution in [2.75, 3.05) is 32.9 Å². The molecule has 0 spiro atoms. The molecule has 20 heavy (non-hydrogen) atoms. The van der Waals surface area contributed by atoms with Crippen LogP contribution in [0.4, 0.5) is 0 Å². The molecule has 1 amide bonds. The van der Waals surface area contributed by atoms with Crippen molar-refractivity contribution in [2.45, 2.75) is 13.8 Å². The Hall–Kier alpha value is -1.88. The van der Waals surface area contributed by atoms with E-state index in [0.717, 1.165) is 5.56 Å². The first-order chi connectivity index (χ1) is 9.58. The number of carbonyl (C=O) groups excluding carboxylic acids is 2. The highest BCUT2D eigenvalue weighted by Gasteiger charge is 2.18. The summed E-state index contributed by atoms with van der Waals surface area (Å²) in [5.41, 5.74) is 1.50. The van der Waals surface area contributed by atoms with Crippen LogP contribution in [0, 0.1) is 6.92 Å². The highest BCUT2D eigenvalue weighted by molar-refractivity contribution is 5.97. The third-order valence-corrected chi connectivity index (χ3v) is 3.23. The third kappa shape index (κ3) is 3.57. The van der Waals surface area contributed by atoms with Crippen LogP contribution in [0.15, 0.2) is 18.2 Å². The van der Waals surface area contributed by atoms with Crippen LogP contribution in [-0.4, -0.2) is 49.5 Å². The molecule has 5 heteroatoms. The van der Waals surface area contributed by atoms with Gasteiger partial charge in [-0.2, -0.15) is 0 Å². The molecule has 2 rings (SSSR count). The van der Waals surface area contributed by atoms with Crippen LogP contribution in [0.3, 0.4) is 0 Å². The number of hydrogen-bond donors (Lipinski definition) is 0. The van der Waals surface area contributed by atoms with Gasteiger partial charge >= 0.3 is 0 Å². The highest BCUT2D eigenvalue weighted by atomic mass is 16.5. The number of amides is 1. The van der Waals surface area contributed by atoms with Crippen molar-refractivity contribution in [3.05, 3.63) is 29.3 Å². The fourth-order valence-corrected chi connectivity index (χ4v) is 2.09. The summed E-state index contributed by atoms with van der Waals surface area (Å²) in [6.07, 6.45) is 0. The van der Waals surface area contributed by atoms with E-state index in [2.05, 4.69) is 0 Å². The van der Waals surface area contributed by atoms with Gasteiger partial charge in [-0.3, -0.25) is 9.59 Å². The second-order valence-electron chi connectivity index (χ2n) is 4.84. The Bertz CT molecular complexity index is 507. The van der Waals surface area contributed by atoms with Gasteiger partial charge in [-0.25, -0.2) is 0 Å². The van der Waals surface area contributed by atoms with Crippen LogP contribution in [-0.2, 0) is 9.53 Å². The normalized spacial score (nSPS) is 15.0. The molecule has 1 heterocycles. The Morgan fingerprint density at radius 2 is 2.00 bits per heavy atom. The molecule has 0 aliphatic carbocycles. The molecular formula is C15H19NO4. The predicted molar refractivity (Wildman–Crippen MR) is 74.1 cm³/mol. The van der Waals surface area contributed by atoms with Crippen LogP contribution < -0.4 is 4.74 Å². The topological polar surface area (TPSA) is 55.8 Å². The summed E-state index contributed by atoms with van der Waals surface area (Å²) in [5.74, 6) is 0.315. The number of ether oxygens (including phenoxy) is 2. The lowest BCUT2D eigenvalue weighted by Gasteiger charge is -2.26. The van der Waals surface area contributed by atoms with Gasteiger partial charge in [0.15, 0.2) is 12.4 Å². The maximum absolute atomic E-state index is 12.0. The van der Waals surface area contributed by atoms with Gasteiger partial charge in [0.05, 0.1) is 18.8 Å². The standard InChI is InChI=1S/C15H19NO4/c1-11-3-4-14(13(9-11)12(2)17)20-10-15(18)16-5-7-19-8-6-16/h3-4,9H,5-8,10H2,1-2H3. The Kier molecular flexibility index (Phi) is 4.74. The summed E-state index contributed by atoms with van der Waals surface area (Å²) in [5, 5.41) is 0. The number of nitrogens with zero attached hydrogens (tertiary/aromatic N) is 1. The molecule has 1 aromatic rings. The van der Waals surface area contributed by atoms with Crippen molar-refractivity contribution in [3.8, 4) is 5.75 Å². The molecule has 1 aromatic carbocycles. The molecule has 0 bridgehead atoms. The predicted octanol–water partition coefficient (Wildman–Crippen LogP) is 1.44. The third-order valence-electron chi connectivity index (χ3n) is 3.23. The second kappa shape index (κ2) is 6.52. The van der Waals surface area contributed by atoms with Gasteiger partial charge in [-0.15, -0.1) is 0 Å². The van der Waals surface area contributed by atoms with Gasteiger partial charge in [-0.05, 0) is 26.0 Å². The second-order valence-corrected chi connectivity index (χ2v) is 4.84. The van der Waals surface area contributed by atoms with Gasteiger partial charge in [0.25, 0.3) is 5.91 Å². The van der Waals surface area contributed by atoms with Crippen LogP contribution in [0.1, 0.15) is 22.8 Å². The monoisotopic (exact) mass is 277 g/mol. The van der Waals surface area contributed by atoms with E-state index < -0.39 is 0 Å². The van der Waals surface area contributed by atoms with Crippen molar-refractivity contribution in [2.24, 2.45) is 0 Å². The molecule has 1 fully saturated rings. The van der Waals surface area contributed by atoms with Gasteiger partial charge < -0.3 is 14.4 Å². The Balaban J connectivity index is 1.99. The first kappa shape index (κ1) is 14.5. The zero-order chi connectivity index (χ0) is 14.5. The van der Waals surface area contributed by atoms with Crippen molar-refractivity contribution in [1.82, 2.24) is 4.90 Å². The molecule has 0 radical (unpaired) electrons. The summed E-state index contributed by atoms with van der Waals surface area (Å²) >= 11 is 0. The zero-order valence-corrected chi connectivity index (χ0v) is 11.8. The molecule has 0 aromatic heterocycles. The van der Waals surface area contributed by atoms with Crippen molar-refractivity contribution >= 4 is 11.7 Å². The van der Waals surface area contributed by atoms with E-state index in [1.807, 2.05) is 13.0 Å². The molecule has 108 valence electrons. The molecule has 0 unspecified atom stereocenters. The van der Waals surface area contributed by atoms with E-state index in [0.29, 0.717) is 37.6 Å². The van der Waals surface area contributed by atoms with Crippen LogP contribution in [0.2, 0.25) is 0 Å². The summed E-state index contributed by atoms with van der Waals surface area (Å²) in [4.78, 5) is 25.3. The lowest BCUT2D eigenvalue weighted by Crippen LogP contribution is -2.43. The lowest BCUT2D eigenvalue weighted by atomic mass is 10.1. The van der Waals surface area contributed by atoms with E-state index in [1.54, 1.807) is 17.0 Å². The number of carbonyl (C=O) groups is 2. The zero-order valence-electron chi connectivity index (χ0n) is 11.8. The first-order valence-electron chi connectivity index (χ1n) is 6.68. The van der Waals surface area contributed by atoms with E-state index in [1.165, 1.54) is 6.92 Å². The quantitative estimate of drug-likeness (QED) is 0.781. The van der Waals surface area contributed by atoms with Crippen molar-refractivity contribution < 1.29 is 19.1 Å². The fraction of sp³-hybridized carbons (Fsp3) is 0.467. The maximum Gasteiger partial charge on any atom is 0.260 e. The van der Waals surface area contributed by atoms with E-state index >= 15 is 0 Å². The fourth-order valence-electron chi connectivity index (χ4n) is 2.09. The molecule has 0 atom stereocenters. The number of Topliss-reactive ketones (excluding diaryl/α,β-unsaturated/α-hetero) is 1. The minimum atomic E-state index is -0.0802. The number of ketones is 1. The van der Waals surface area contributed by atoms with Crippen LogP contribution >= 0.6 is 0 Å². The van der Waals surface area contributed by atoms with Gasteiger partial charge in [0, 0.05) is 13.1 Å². The lowest BCUT2D eigenvalue weighted by molar-refractivity contribution is -0.137. The molecule has 1 saturated heterocycles. The molecule has 0 saturated carbocycles. The highest BCUT2D eigenvalue weighted by Crippen LogP contribution is 2.20. The molecular weight excluding hydrogens is 258 g/mol. The maximum atomic E-state index is 12.0. The number of aryl methyl sites for hydroxylation is 1. The average molecular weight is 277 g/mol. The summed E-state index contributed by atoms with van der Waals surface area (Å²) < 4.78 is 10.7. The molecule has 1 aliphatic heterocycles. The Morgan fingerprint density at radius 1 is 1.30 bits per heavy atom. The average Bonchev–Trinajstić information content (AvgIpc) is 2.46. The molecule has 5 nitrogen and oxygen atoms in total.